The summed E-state index contributed by atoms with van der Waals surface area (Å²) in [6, 6.07) is 7.83. The number of aryl methyl sites for hydroxylation is 2. The van der Waals surface area contributed by atoms with Crippen molar-refractivity contribution in [3.8, 4) is 0 Å². The molecule has 0 unspecified atom stereocenters. The summed E-state index contributed by atoms with van der Waals surface area (Å²) in [7, 11) is 0. The monoisotopic (exact) mass is 373 g/mol. The number of nitrogens with zero attached hydrogens (tertiary/aromatic N) is 2. The zero-order valence-corrected chi connectivity index (χ0v) is 15.8. The number of hydrogen-bond donors (Lipinski definition) is 1. The fraction of sp³-hybridized carbons (Fsp3) is 0.333. The van der Waals surface area contributed by atoms with Gasteiger partial charge in [-0.1, -0.05) is 11.3 Å². The first-order valence-electron chi connectivity index (χ1n) is 8.22. The van der Waals surface area contributed by atoms with Crippen LogP contribution in [-0.4, -0.2) is 37.2 Å². The Morgan fingerprint density at radius 3 is 2.72 bits per heavy atom. The Labute approximate surface area is 154 Å². The Kier molecular flexibility index (Phi) is 4.45. The maximum absolute atomic E-state index is 12.5. The third-order valence-corrected chi connectivity index (χ3v) is 6.25. The van der Waals surface area contributed by atoms with E-state index >= 15 is 0 Å². The largest absolute Gasteiger partial charge is 0.378 e. The van der Waals surface area contributed by atoms with Crippen LogP contribution in [0.2, 0.25) is 0 Å². The molecule has 1 aromatic carbocycles. The van der Waals surface area contributed by atoms with Crippen LogP contribution < -0.4 is 10.2 Å². The number of thiazole rings is 1. The molecule has 0 bridgehead atoms. The third-order valence-electron chi connectivity index (χ3n) is 4.20. The van der Waals surface area contributed by atoms with Crippen molar-refractivity contribution in [1.29, 1.82) is 0 Å². The Hall–Kier alpha value is -1.96. The van der Waals surface area contributed by atoms with Gasteiger partial charge in [-0.25, -0.2) is 4.98 Å². The molecule has 0 atom stereocenters. The predicted octanol–water partition coefficient (Wildman–Crippen LogP) is 4.06. The van der Waals surface area contributed by atoms with Crippen molar-refractivity contribution in [3.63, 3.8) is 0 Å². The quantitative estimate of drug-likeness (QED) is 0.752. The van der Waals surface area contributed by atoms with Crippen molar-refractivity contribution >= 4 is 49.6 Å². The van der Waals surface area contributed by atoms with Crippen LogP contribution in [-0.2, 0) is 4.74 Å². The van der Waals surface area contributed by atoms with E-state index in [1.165, 1.54) is 0 Å². The summed E-state index contributed by atoms with van der Waals surface area (Å²) >= 11 is 3.30. The number of amides is 1. The lowest BCUT2D eigenvalue weighted by molar-refractivity contribution is 0.102. The maximum atomic E-state index is 12.5. The van der Waals surface area contributed by atoms with Gasteiger partial charge in [0.15, 0.2) is 5.13 Å². The predicted molar refractivity (Wildman–Crippen MR) is 104 cm³/mol. The molecule has 1 aliphatic heterocycles. The molecule has 1 saturated heterocycles. The molecule has 3 heterocycles. The number of ether oxygens (including phenoxy) is 1. The number of carbonyl (C=O) groups is 1. The number of carbonyl (C=O) groups excluding carboxylic acids is 1. The molecule has 1 fully saturated rings. The molecular weight excluding hydrogens is 354 g/mol. The second-order valence-corrected chi connectivity index (χ2v) is 8.53. The van der Waals surface area contributed by atoms with E-state index in [-0.39, 0.29) is 5.91 Å². The van der Waals surface area contributed by atoms with Crippen LogP contribution in [0.15, 0.2) is 24.3 Å². The fourth-order valence-corrected chi connectivity index (χ4v) is 4.91. The molecule has 1 amide bonds. The van der Waals surface area contributed by atoms with Crippen LogP contribution in [0.5, 0.6) is 0 Å². The van der Waals surface area contributed by atoms with Crippen molar-refractivity contribution in [2.75, 3.05) is 36.5 Å². The van der Waals surface area contributed by atoms with Gasteiger partial charge in [-0.05, 0) is 38.1 Å². The number of rotatable bonds is 3. The molecule has 25 heavy (non-hydrogen) atoms. The van der Waals surface area contributed by atoms with E-state index < -0.39 is 0 Å². The van der Waals surface area contributed by atoms with Gasteiger partial charge in [-0.3, -0.25) is 4.79 Å². The number of fused-ring (bicyclic) bond motifs is 1. The van der Waals surface area contributed by atoms with Gasteiger partial charge >= 0.3 is 0 Å². The fourth-order valence-electron chi connectivity index (χ4n) is 2.93. The molecule has 0 aliphatic carbocycles. The van der Waals surface area contributed by atoms with E-state index in [4.69, 9.17) is 9.72 Å². The molecule has 3 aromatic rings. The molecule has 0 radical (unpaired) electrons. The zero-order valence-electron chi connectivity index (χ0n) is 14.2. The van der Waals surface area contributed by atoms with E-state index in [0.29, 0.717) is 0 Å². The molecule has 4 rings (SSSR count). The van der Waals surface area contributed by atoms with Gasteiger partial charge in [0.25, 0.3) is 5.91 Å². The summed E-state index contributed by atoms with van der Waals surface area (Å²) in [6.45, 7) is 7.24. The smallest absolute Gasteiger partial charge is 0.256 e. The standard InChI is InChI=1S/C18H19N3O2S2/c1-11-9-14(12(2)24-11)17(22)19-13-3-4-15-16(10-13)25-18(20-15)21-5-7-23-8-6-21/h3-4,9-10H,5-8H2,1-2H3,(H,19,22). The Morgan fingerprint density at radius 1 is 1.20 bits per heavy atom. The Balaban J connectivity index is 1.56. The van der Waals surface area contributed by atoms with Crippen LogP contribution >= 0.6 is 22.7 Å². The van der Waals surface area contributed by atoms with Crippen LogP contribution in [0.1, 0.15) is 20.1 Å². The number of hydrogen-bond acceptors (Lipinski definition) is 6. The SMILES string of the molecule is Cc1cc(C(=O)Nc2ccc3nc(N4CCOCC4)sc3c2)c(C)s1. The maximum Gasteiger partial charge on any atom is 0.256 e. The summed E-state index contributed by atoms with van der Waals surface area (Å²) in [5.41, 5.74) is 2.52. The first kappa shape index (κ1) is 16.5. The average molecular weight is 374 g/mol. The van der Waals surface area contributed by atoms with E-state index in [1.807, 2.05) is 38.1 Å². The topological polar surface area (TPSA) is 54.5 Å². The number of thiophene rings is 1. The van der Waals surface area contributed by atoms with Gasteiger partial charge in [0, 0.05) is 28.5 Å². The Morgan fingerprint density at radius 2 is 2.00 bits per heavy atom. The van der Waals surface area contributed by atoms with Crippen molar-refractivity contribution < 1.29 is 9.53 Å². The van der Waals surface area contributed by atoms with E-state index in [0.717, 1.165) is 62.7 Å². The summed E-state index contributed by atoms with van der Waals surface area (Å²) in [5.74, 6) is -0.0564. The highest BCUT2D eigenvalue weighted by Gasteiger charge is 2.16. The molecule has 0 saturated carbocycles. The minimum absolute atomic E-state index is 0.0564. The number of morpholine rings is 1. The van der Waals surface area contributed by atoms with E-state index in [1.54, 1.807) is 22.7 Å². The first-order chi connectivity index (χ1) is 12.1. The second-order valence-electron chi connectivity index (χ2n) is 6.06. The summed E-state index contributed by atoms with van der Waals surface area (Å²) in [4.78, 5) is 21.7. The average Bonchev–Trinajstić information content (AvgIpc) is 3.18. The highest BCUT2D eigenvalue weighted by atomic mass is 32.1. The number of aromatic nitrogens is 1. The van der Waals surface area contributed by atoms with E-state index in [2.05, 4.69) is 10.2 Å². The lowest BCUT2D eigenvalue weighted by atomic mass is 10.2. The highest BCUT2D eigenvalue weighted by molar-refractivity contribution is 7.22. The van der Waals surface area contributed by atoms with Crippen LogP contribution in [0.25, 0.3) is 10.2 Å². The molecule has 2 aromatic heterocycles. The lowest BCUT2D eigenvalue weighted by Crippen LogP contribution is -2.36. The van der Waals surface area contributed by atoms with Crippen molar-refractivity contribution in [1.82, 2.24) is 4.98 Å². The Bertz CT molecular complexity index is 926. The molecule has 0 spiro atoms. The minimum atomic E-state index is -0.0564. The molecular formula is C18H19N3O2S2. The lowest BCUT2D eigenvalue weighted by Gasteiger charge is -2.25. The van der Waals surface area contributed by atoms with Crippen LogP contribution in [0.3, 0.4) is 0 Å². The van der Waals surface area contributed by atoms with Crippen molar-refractivity contribution in [2.45, 2.75) is 13.8 Å². The summed E-state index contributed by atoms with van der Waals surface area (Å²) < 4.78 is 6.48. The van der Waals surface area contributed by atoms with Crippen molar-refractivity contribution in [3.05, 3.63) is 39.6 Å². The van der Waals surface area contributed by atoms with E-state index in [9.17, 15) is 4.79 Å². The third kappa shape index (κ3) is 3.40. The highest BCUT2D eigenvalue weighted by Crippen LogP contribution is 2.31. The zero-order chi connectivity index (χ0) is 17.4. The van der Waals surface area contributed by atoms with Gasteiger partial charge in [-0.2, -0.15) is 0 Å². The van der Waals surface area contributed by atoms with Crippen LogP contribution in [0.4, 0.5) is 10.8 Å². The number of anilines is 2. The molecule has 130 valence electrons. The minimum Gasteiger partial charge on any atom is -0.378 e. The van der Waals surface area contributed by atoms with Gasteiger partial charge < -0.3 is 15.0 Å². The first-order valence-corrected chi connectivity index (χ1v) is 9.85. The van der Waals surface area contributed by atoms with Gasteiger partial charge in [0.2, 0.25) is 0 Å². The molecule has 1 N–H and O–H groups in total. The molecule has 1 aliphatic rings. The number of benzene rings is 1. The van der Waals surface area contributed by atoms with Gasteiger partial charge in [0.05, 0.1) is 29.0 Å². The summed E-state index contributed by atoms with van der Waals surface area (Å²) in [5, 5.41) is 4.03. The summed E-state index contributed by atoms with van der Waals surface area (Å²) in [6.07, 6.45) is 0. The normalized spacial score (nSPS) is 14.9. The van der Waals surface area contributed by atoms with Crippen LogP contribution in [0, 0.1) is 13.8 Å². The second kappa shape index (κ2) is 6.74. The molecule has 7 heteroatoms. The molecule has 5 nitrogen and oxygen atoms in total. The van der Waals surface area contributed by atoms with Gasteiger partial charge in [0.1, 0.15) is 0 Å². The number of nitrogens with one attached hydrogen (secondary N) is 1. The van der Waals surface area contributed by atoms with Gasteiger partial charge in [-0.15, -0.1) is 11.3 Å². The van der Waals surface area contributed by atoms with Crippen molar-refractivity contribution in [2.24, 2.45) is 0 Å².